The average molecular weight is 349 g/mol. The van der Waals surface area contributed by atoms with E-state index in [4.69, 9.17) is 4.74 Å². The van der Waals surface area contributed by atoms with Crippen molar-refractivity contribution in [1.82, 2.24) is 4.90 Å². The molecule has 0 saturated carbocycles. The second kappa shape index (κ2) is 11.5. The van der Waals surface area contributed by atoms with Crippen LogP contribution in [0.15, 0.2) is 18.2 Å². The van der Waals surface area contributed by atoms with E-state index in [0.29, 0.717) is 13.1 Å². The second-order valence-corrected chi connectivity index (χ2v) is 6.28. The van der Waals surface area contributed by atoms with Crippen LogP contribution < -0.4 is 4.74 Å². The monoisotopic (exact) mass is 349 g/mol. The quantitative estimate of drug-likeness (QED) is 0.452. The molecule has 1 aromatic carbocycles. The molecule has 0 saturated heterocycles. The molecule has 0 atom stereocenters. The first-order valence-corrected chi connectivity index (χ1v) is 9.03. The number of esters is 1. The van der Waals surface area contributed by atoms with Crippen LogP contribution in [0, 0.1) is 13.8 Å². The highest BCUT2D eigenvalue weighted by Gasteiger charge is 2.16. The van der Waals surface area contributed by atoms with Gasteiger partial charge in [0.2, 0.25) is 0 Å². The molecule has 1 amide bonds. The number of amides is 1. The fourth-order valence-electron chi connectivity index (χ4n) is 2.67. The van der Waals surface area contributed by atoms with E-state index >= 15 is 0 Å². The molecule has 0 aliphatic carbocycles. The van der Waals surface area contributed by atoms with E-state index in [0.717, 1.165) is 42.6 Å². The molecule has 1 aromatic rings. The Hall–Kier alpha value is -2.04. The zero-order valence-corrected chi connectivity index (χ0v) is 16.0. The van der Waals surface area contributed by atoms with Crippen molar-refractivity contribution in [2.45, 2.75) is 52.9 Å². The van der Waals surface area contributed by atoms with Gasteiger partial charge in [-0.15, -0.1) is 0 Å². The molecule has 0 fully saturated rings. The van der Waals surface area contributed by atoms with Gasteiger partial charge in [-0.05, 0) is 31.4 Å². The van der Waals surface area contributed by atoms with Crippen molar-refractivity contribution >= 4 is 11.9 Å². The van der Waals surface area contributed by atoms with E-state index in [-0.39, 0.29) is 24.9 Å². The first-order valence-electron chi connectivity index (χ1n) is 9.03. The molecule has 0 aromatic heterocycles. The summed E-state index contributed by atoms with van der Waals surface area (Å²) < 4.78 is 10.4. The minimum atomic E-state index is -0.304. The number of carbonyl (C=O) groups excluding carboxylic acids is 2. The molecule has 0 radical (unpaired) electrons. The van der Waals surface area contributed by atoms with Gasteiger partial charge >= 0.3 is 5.97 Å². The molecule has 0 N–H and O–H groups in total. The lowest BCUT2D eigenvalue weighted by molar-refractivity contribution is -0.142. The van der Waals surface area contributed by atoms with Crippen molar-refractivity contribution in [2.24, 2.45) is 0 Å². The van der Waals surface area contributed by atoms with Crippen LogP contribution in [-0.2, 0) is 14.3 Å². The van der Waals surface area contributed by atoms with Gasteiger partial charge in [0.05, 0.1) is 13.5 Å². The Kier molecular flexibility index (Phi) is 9.66. The minimum absolute atomic E-state index is 0.0133. The Morgan fingerprint density at radius 2 is 1.72 bits per heavy atom. The number of para-hydroxylation sites is 1. The summed E-state index contributed by atoms with van der Waals surface area (Å²) >= 11 is 0. The van der Waals surface area contributed by atoms with Gasteiger partial charge < -0.3 is 14.4 Å². The van der Waals surface area contributed by atoms with Crippen molar-refractivity contribution in [3.8, 4) is 5.75 Å². The van der Waals surface area contributed by atoms with Crippen molar-refractivity contribution in [3.05, 3.63) is 29.3 Å². The highest BCUT2D eigenvalue weighted by Crippen LogP contribution is 2.22. The average Bonchev–Trinajstić information content (AvgIpc) is 2.60. The van der Waals surface area contributed by atoms with Crippen molar-refractivity contribution < 1.29 is 19.1 Å². The maximum atomic E-state index is 12.6. The summed E-state index contributed by atoms with van der Waals surface area (Å²) in [6.07, 6.45) is 4.52. The number of methoxy groups -OCH3 is 1. The van der Waals surface area contributed by atoms with E-state index in [1.165, 1.54) is 7.11 Å². The minimum Gasteiger partial charge on any atom is -0.483 e. The van der Waals surface area contributed by atoms with Crippen LogP contribution in [0.5, 0.6) is 5.75 Å². The summed E-state index contributed by atoms with van der Waals surface area (Å²) in [7, 11) is 1.36. The lowest BCUT2D eigenvalue weighted by Gasteiger charge is -2.23. The predicted octanol–water partition coefficient (Wildman–Crippen LogP) is 3.65. The van der Waals surface area contributed by atoms with Gasteiger partial charge in [-0.3, -0.25) is 9.59 Å². The molecular formula is C20H31NO4. The van der Waals surface area contributed by atoms with Crippen LogP contribution in [-0.4, -0.2) is 43.6 Å². The molecule has 0 aliphatic rings. The third kappa shape index (κ3) is 7.59. The smallest absolute Gasteiger partial charge is 0.307 e. The lowest BCUT2D eigenvalue weighted by atomic mass is 10.1. The van der Waals surface area contributed by atoms with E-state index in [9.17, 15) is 9.59 Å². The molecule has 140 valence electrons. The Labute approximate surface area is 151 Å². The standard InChI is InChI=1S/C20H31NO4/c1-5-6-7-8-13-21(14-12-19(23)24-4)18(22)15-25-20-16(2)10-9-11-17(20)3/h9-11H,5-8,12-15H2,1-4H3. The SMILES string of the molecule is CCCCCCN(CCC(=O)OC)C(=O)COc1c(C)cccc1C. The normalized spacial score (nSPS) is 10.4. The lowest BCUT2D eigenvalue weighted by Crippen LogP contribution is -2.37. The molecule has 0 unspecified atom stereocenters. The van der Waals surface area contributed by atoms with Crippen LogP contribution in [0.4, 0.5) is 0 Å². The van der Waals surface area contributed by atoms with Gasteiger partial charge in [-0.1, -0.05) is 44.4 Å². The maximum Gasteiger partial charge on any atom is 0.307 e. The van der Waals surface area contributed by atoms with Gasteiger partial charge in [0.25, 0.3) is 5.91 Å². The Bertz CT molecular complexity index is 536. The first-order chi connectivity index (χ1) is 12.0. The van der Waals surface area contributed by atoms with Crippen LogP contribution in [0.3, 0.4) is 0 Å². The van der Waals surface area contributed by atoms with Crippen LogP contribution >= 0.6 is 0 Å². The number of carbonyl (C=O) groups is 2. The van der Waals surface area contributed by atoms with Crippen LogP contribution in [0.25, 0.3) is 0 Å². The van der Waals surface area contributed by atoms with E-state index < -0.39 is 0 Å². The molecule has 5 nitrogen and oxygen atoms in total. The second-order valence-electron chi connectivity index (χ2n) is 6.28. The third-order valence-corrected chi connectivity index (χ3v) is 4.20. The summed E-state index contributed by atoms with van der Waals surface area (Å²) in [4.78, 5) is 25.7. The highest BCUT2D eigenvalue weighted by atomic mass is 16.5. The molecule has 0 heterocycles. The number of nitrogens with zero attached hydrogens (tertiary/aromatic N) is 1. The third-order valence-electron chi connectivity index (χ3n) is 4.20. The fourth-order valence-corrected chi connectivity index (χ4v) is 2.67. The van der Waals surface area contributed by atoms with Crippen molar-refractivity contribution in [1.29, 1.82) is 0 Å². The summed E-state index contributed by atoms with van der Waals surface area (Å²) in [6.45, 7) is 7.08. The number of hydrogen-bond donors (Lipinski definition) is 0. The zero-order chi connectivity index (χ0) is 18.7. The largest absolute Gasteiger partial charge is 0.483 e. The number of hydrogen-bond acceptors (Lipinski definition) is 4. The predicted molar refractivity (Wildman–Crippen MR) is 98.8 cm³/mol. The molecule has 0 bridgehead atoms. The summed E-state index contributed by atoms with van der Waals surface area (Å²) in [5.74, 6) is 0.361. The topological polar surface area (TPSA) is 55.8 Å². The van der Waals surface area contributed by atoms with Gasteiger partial charge in [0, 0.05) is 13.1 Å². The molecular weight excluding hydrogens is 318 g/mol. The van der Waals surface area contributed by atoms with E-state index in [2.05, 4.69) is 11.7 Å². The van der Waals surface area contributed by atoms with Gasteiger partial charge in [0.1, 0.15) is 5.75 Å². The van der Waals surface area contributed by atoms with E-state index in [1.54, 1.807) is 4.90 Å². The summed E-state index contributed by atoms with van der Waals surface area (Å²) in [5, 5.41) is 0. The molecule has 0 aliphatic heterocycles. The fraction of sp³-hybridized carbons (Fsp3) is 0.600. The molecule has 5 heteroatoms. The first kappa shape index (κ1) is 21.0. The number of benzene rings is 1. The highest BCUT2D eigenvalue weighted by molar-refractivity contribution is 5.78. The Balaban J connectivity index is 2.61. The van der Waals surface area contributed by atoms with E-state index in [1.807, 2.05) is 32.0 Å². The molecule has 25 heavy (non-hydrogen) atoms. The van der Waals surface area contributed by atoms with Crippen molar-refractivity contribution in [3.63, 3.8) is 0 Å². The molecule has 0 spiro atoms. The van der Waals surface area contributed by atoms with Gasteiger partial charge in [-0.2, -0.15) is 0 Å². The zero-order valence-electron chi connectivity index (χ0n) is 16.0. The summed E-state index contributed by atoms with van der Waals surface area (Å²) in [5.41, 5.74) is 2.02. The van der Waals surface area contributed by atoms with Gasteiger partial charge in [-0.25, -0.2) is 0 Å². The Morgan fingerprint density at radius 3 is 2.32 bits per heavy atom. The number of unbranched alkanes of at least 4 members (excludes halogenated alkanes) is 3. The number of ether oxygens (including phenoxy) is 2. The Morgan fingerprint density at radius 1 is 1.04 bits per heavy atom. The molecule has 1 rings (SSSR count). The van der Waals surface area contributed by atoms with Gasteiger partial charge in [0.15, 0.2) is 6.61 Å². The van der Waals surface area contributed by atoms with Crippen LogP contribution in [0.1, 0.15) is 50.2 Å². The summed E-state index contributed by atoms with van der Waals surface area (Å²) in [6, 6.07) is 5.90. The maximum absolute atomic E-state index is 12.6. The van der Waals surface area contributed by atoms with Crippen LogP contribution in [0.2, 0.25) is 0 Å². The van der Waals surface area contributed by atoms with Crippen molar-refractivity contribution in [2.75, 3.05) is 26.8 Å². The number of rotatable bonds is 11. The number of aryl methyl sites for hydroxylation is 2.